The molecule has 1 N–H and O–H groups in total. The van der Waals surface area contributed by atoms with Gasteiger partial charge < -0.3 is 14.6 Å². The molecule has 0 aliphatic heterocycles. The second kappa shape index (κ2) is 8.18. The van der Waals surface area contributed by atoms with Crippen LogP contribution in [0.15, 0.2) is 24.3 Å². The van der Waals surface area contributed by atoms with Gasteiger partial charge in [0.1, 0.15) is 5.92 Å². The minimum absolute atomic E-state index is 0.103. The predicted molar refractivity (Wildman–Crippen MR) is 94.7 cm³/mol. The third-order valence-corrected chi connectivity index (χ3v) is 4.82. The number of ether oxygens (including phenoxy) is 2. The van der Waals surface area contributed by atoms with Crippen LogP contribution in [0.4, 0.5) is 0 Å². The van der Waals surface area contributed by atoms with Gasteiger partial charge in [0, 0.05) is 17.4 Å². The number of halogens is 1. The molecule has 1 fully saturated rings. The summed E-state index contributed by atoms with van der Waals surface area (Å²) in [4.78, 5) is 37.8. The molecule has 6 nitrogen and oxygen atoms in total. The van der Waals surface area contributed by atoms with Crippen molar-refractivity contribution in [2.24, 2.45) is 11.8 Å². The maximum atomic E-state index is 12.7. The van der Waals surface area contributed by atoms with Crippen LogP contribution in [0, 0.1) is 11.8 Å². The van der Waals surface area contributed by atoms with Gasteiger partial charge in [0.25, 0.3) is 0 Å². The van der Waals surface area contributed by atoms with Crippen molar-refractivity contribution in [1.29, 1.82) is 0 Å². The summed E-state index contributed by atoms with van der Waals surface area (Å²) in [7, 11) is 0. The SMILES string of the molecule is CCOC(=O)C1C(=O)CC(C)(O)C(C(=O)OCC)C1c1cccc(Cl)c1. The minimum Gasteiger partial charge on any atom is -0.466 e. The second-order valence-electron chi connectivity index (χ2n) is 6.54. The van der Waals surface area contributed by atoms with Crippen LogP contribution >= 0.6 is 11.6 Å². The number of aliphatic hydroxyl groups is 1. The number of hydrogen-bond donors (Lipinski definition) is 1. The van der Waals surface area contributed by atoms with Crippen molar-refractivity contribution in [3.05, 3.63) is 34.9 Å². The molecule has 1 saturated carbocycles. The summed E-state index contributed by atoms with van der Waals surface area (Å²) in [5.74, 6) is -5.09. The number of benzene rings is 1. The average Bonchev–Trinajstić information content (AvgIpc) is 2.53. The summed E-state index contributed by atoms with van der Waals surface area (Å²) in [6.07, 6.45) is -0.336. The van der Waals surface area contributed by atoms with Crippen molar-refractivity contribution in [3.63, 3.8) is 0 Å². The topological polar surface area (TPSA) is 89.9 Å². The van der Waals surface area contributed by atoms with Crippen LogP contribution in [-0.4, -0.2) is 41.6 Å². The first-order chi connectivity index (χ1) is 12.2. The standard InChI is InChI=1S/C19H23ClO6/c1-4-25-17(22)15-13(21)10-19(3,24)16(18(23)26-5-2)14(15)11-7-6-8-12(20)9-11/h6-9,14-16,24H,4-5,10H2,1-3H3. The Bertz CT molecular complexity index is 699. The quantitative estimate of drug-likeness (QED) is 0.621. The zero-order chi connectivity index (χ0) is 19.5. The molecule has 0 saturated heterocycles. The molecule has 0 amide bonds. The van der Waals surface area contributed by atoms with Gasteiger partial charge in [-0.2, -0.15) is 0 Å². The number of Topliss-reactive ketones (excluding diaryl/α,β-unsaturated/α-hetero) is 1. The fourth-order valence-electron chi connectivity index (χ4n) is 3.59. The summed E-state index contributed by atoms with van der Waals surface area (Å²) in [6.45, 7) is 4.92. The highest BCUT2D eigenvalue weighted by molar-refractivity contribution is 6.30. The van der Waals surface area contributed by atoms with E-state index in [0.29, 0.717) is 10.6 Å². The van der Waals surface area contributed by atoms with E-state index >= 15 is 0 Å². The van der Waals surface area contributed by atoms with E-state index in [2.05, 4.69) is 0 Å². The number of ketones is 1. The van der Waals surface area contributed by atoms with Gasteiger partial charge in [-0.25, -0.2) is 0 Å². The molecule has 0 radical (unpaired) electrons. The highest BCUT2D eigenvalue weighted by Crippen LogP contribution is 2.47. The van der Waals surface area contributed by atoms with Crippen molar-refractivity contribution >= 4 is 29.3 Å². The Labute approximate surface area is 157 Å². The molecule has 0 spiro atoms. The zero-order valence-corrected chi connectivity index (χ0v) is 15.8. The summed E-state index contributed by atoms with van der Waals surface area (Å²) < 4.78 is 10.2. The van der Waals surface area contributed by atoms with Crippen molar-refractivity contribution in [2.45, 2.75) is 38.7 Å². The Kier molecular flexibility index (Phi) is 6.42. The Hall–Kier alpha value is -1.92. The molecule has 0 heterocycles. The number of carbonyl (C=O) groups excluding carboxylic acids is 3. The van der Waals surface area contributed by atoms with Gasteiger partial charge in [-0.1, -0.05) is 23.7 Å². The Morgan fingerprint density at radius 2 is 1.85 bits per heavy atom. The molecule has 0 bridgehead atoms. The van der Waals surface area contributed by atoms with E-state index in [9.17, 15) is 19.5 Å². The fourth-order valence-corrected chi connectivity index (χ4v) is 3.79. The number of hydrogen-bond acceptors (Lipinski definition) is 6. The van der Waals surface area contributed by atoms with E-state index < -0.39 is 41.1 Å². The molecule has 0 aromatic heterocycles. The lowest BCUT2D eigenvalue weighted by Crippen LogP contribution is -2.55. The molecule has 4 unspecified atom stereocenters. The van der Waals surface area contributed by atoms with E-state index in [1.807, 2.05) is 0 Å². The molecular weight excluding hydrogens is 360 g/mol. The fraction of sp³-hybridized carbons (Fsp3) is 0.526. The third kappa shape index (κ3) is 4.07. The lowest BCUT2D eigenvalue weighted by Gasteiger charge is -2.43. The number of esters is 2. The van der Waals surface area contributed by atoms with Gasteiger partial charge in [0.2, 0.25) is 0 Å². The van der Waals surface area contributed by atoms with Crippen LogP contribution < -0.4 is 0 Å². The maximum absolute atomic E-state index is 12.7. The predicted octanol–water partition coefficient (Wildman–Crippen LogP) is 2.51. The van der Waals surface area contributed by atoms with E-state index in [-0.39, 0.29) is 19.6 Å². The first-order valence-corrected chi connectivity index (χ1v) is 8.94. The number of carbonyl (C=O) groups is 3. The summed E-state index contributed by atoms with van der Waals surface area (Å²) in [6, 6.07) is 6.56. The van der Waals surface area contributed by atoms with Gasteiger partial charge in [-0.15, -0.1) is 0 Å². The van der Waals surface area contributed by atoms with E-state index in [0.717, 1.165) is 0 Å². The first kappa shape index (κ1) is 20.4. The van der Waals surface area contributed by atoms with E-state index in [4.69, 9.17) is 21.1 Å². The van der Waals surface area contributed by atoms with E-state index in [1.165, 1.54) is 6.92 Å². The van der Waals surface area contributed by atoms with Gasteiger partial charge in [-0.05, 0) is 38.5 Å². The van der Waals surface area contributed by atoms with Crippen molar-refractivity contribution in [1.82, 2.24) is 0 Å². The summed E-state index contributed by atoms with van der Waals surface area (Å²) >= 11 is 6.07. The number of rotatable bonds is 5. The lowest BCUT2D eigenvalue weighted by atomic mass is 9.62. The summed E-state index contributed by atoms with van der Waals surface area (Å²) in [5.41, 5.74) is -1.15. The highest BCUT2D eigenvalue weighted by Gasteiger charge is 2.57. The van der Waals surface area contributed by atoms with Crippen LogP contribution in [0.1, 0.15) is 38.7 Å². The van der Waals surface area contributed by atoms with Crippen LogP contribution in [0.5, 0.6) is 0 Å². The monoisotopic (exact) mass is 382 g/mol. The molecule has 7 heteroatoms. The first-order valence-electron chi connectivity index (χ1n) is 8.56. The highest BCUT2D eigenvalue weighted by atomic mass is 35.5. The van der Waals surface area contributed by atoms with Crippen molar-refractivity contribution < 1.29 is 29.0 Å². The van der Waals surface area contributed by atoms with Gasteiger partial charge in [0.05, 0.1) is 24.7 Å². The van der Waals surface area contributed by atoms with Gasteiger partial charge in [-0.3, -0.25) is 14.4 Å². The Balaban J connectivity index is 2.61. The maximum Gasteiger partial charge on any atom is 0.317 e. The molecule has 1 aliphatic rings. The van der Waals surface area contributed by atoms with E-state index in [1.54, 1.807) is 38.1 Å². The average molecular weight is 383 g/mol. The smallest absolute Gasteiger partial charge is 0.317 e. The Morgan fingerprint density at radius 1 is 1.23 bits per heavy atom. The van der Waals surface area contributed by atoms with Crippen molar-refractivity contribution in [3.8, 4) is 0 Å². The molecule has 1 aromatic carbocycles. The van der Waals surface area contributed by atoms with Crippen molar-refractivity contribution in [2.75, 3.05) is 13.2 Å². The van der Waals surface area contributed by atoms with Gasteiger partial charge >= 0.3 is 11.9 Å². The molecular formula is C19H23ClO6. The zero-order valence-electron chi connectivity index (χ0n) is 15.0. The van der Waals surface area contributed by atoms with Crippen LogP contribution in [0.3, 0.4) is 0 Å². The summed E-state index contributed by atoms with van der Waals surface area (Å²) in [5, 5.41) is 11.2. The van der Waals surface area contributed by atoms with Crippen LogP contribution in [0.25, 0.3) is 0 Å². The van der Waals surface area contributed by atoms with Crippen LogP contribution in [0.2, 0.25) is 5.02 Å². The third-order valence-electron chi connectivity index (χ3n) is 4.58. The van der Waals surface area contributed by atoms with Gasteiger partial charge in [0.15, 0.2) is 5.78 Å². The lowest BCUT2D eigenvalue weighted by molar-refractivity contribution is -0.172. The second-order valence-corrected chi connectivity index (χ2v) is 6.98. The van der Waals surface area contributed by atoms with Crippen LogP contribution in [-0.2, 0) is 23.9 Å². The molecule has 2 rings (SSSR count). The molecule has 1 aliphatic carbocycles. The normalized spacial score (nSPS) is 28.5. The molecule has 26 heavy (non-hydrogen) atoms. The largest absolute Gasteiger partial charge is 0.466 e. The Morgan fingerprint density at radius 3 is 2.42 bits per heavy atom. The molecule has 142 valence electrons. The molecule has 4 atom stereocenters. The molecule has 1 aromatic rings. The minimum atomic E-state index is -1.65.